The predicted molar refractivity (Wildman–Crippen MR) is 97.7 cm³/mol. The second kappa shape index (κ2) is 7.57. The van der Waals surface area contributed by atoms with Crippen molar-refractivity contribution >= 4 is 11.9 Å². The lowest BCUT2D eigenvalue weighted by atomic mass is 10.0. The van der Waals surface area contributed by atoms with Crippen molar-refractivity contribution in [2.75, 3.05) is 20.3 Å². The van der Waals surface area contributed by atoms with E-state index in [0.717, 1.165) is 11.1 Å². The molecule has 2 aromatic rings. The first-order chi connectivity index (χ1) is 12.9. The number of fused-ring (bicyclic) bond motifs is 1. The first-order valence-electron chi connectivity index (χ1n) is 8.49. The molecule has 0 fully saturated rings. The lowest BCUT2D eigenvalue weighted by Gasteiger charge is -2.22. The second-order valence-corrected chi connectivity index (χ2v) is 6.29. The van der Waals surface area contributed by atoms with Gasteiger partial charge in [0.25, 0.3) is 5.91 Å². The number of amides is 1. The number of methoxy groups -OCH3 is 1. The third-order valence-corrected chi connectivity index (χ3v) is 4.48. The van der Waals surface area contributed by atoms with Gasteiger partial charge in [0.2, 0.25) is 5.75 Å². The summed E-state index contributed by atoms with van der Waals surface area (Å²) in [7, 11) is 1.46. The van der Waals surface area contributed by atoms with Crippen LogP contribution in [0.1, 0.15) is 33.1 Å². The predicted octanol–water partition coefficient (Wildman–Crippen LogP) is 2.64. The lowest BCUT2D eigenvalue weighted by molar-refractivity contribution is -0.139. The van der Waals surface area contributed by atoms with E-state index in [1.807, 2.05) is 19.9 Å². The van der Waals surface area contributed by atoms with Crippen molar-refractivity contribution in [3.05, 3.63) is 52.6 Å². The summed E-state index contributed by atoms with van der Waals surface area (Å²) >= 11 is 0. The van der Waals surface area contributed by atoms with Gasteiger partial charge in [0, 0.05) is 5.56 Å². The van der Waals surface area contributed by atoms with E-state index in [4.69, 9.17) is 14.2 Å². The average Bonchev–Trinajstić information content (AvgIpc) is 2.67. The summed E-state index contributed by atoms with van der Waals surface area (Å²) in [5, 5.41) is 12.2. The Morgan fingerprint density at radius 1 is 1.11 bits per heavy atom. The maximum absolute atomic E-state index is 12.7. The number of carbonyl (C=O) groups excluding carboxylic acids is 1. The number of rotatable bonds is 5. The minimum atomic E-state index is -1.17. The van der Waals surface area contributed by atoms with E-state index >= 15 is 0 Å². The van der Waals surface area contributed by atoms with Gasteiger partial charge in [0.15, 0.2) is 17.5 Å². The molecule has 1 aliphatic rings. The van der Waals surface area contributed by atoms with Crippen molar-refractivity contribution in [1.82, 2.24) is 5.32 Å². The average molecular weight is 371 g/mol. The zero-order valence-electron chi connectivity index (χ0n) is 15.4. The van der Waals surface area contributed by atoms with E-state index in [2.05, 4.69) is 5.32 Å². The molecule has 2 aromatic carbocycles. The number of carbonyl (C=O) groups is 2. The van der Waals surface area contributed by atoms with Crippen LogP contribution in [0.5, 0.6) is 17.2 Å². The van der Waals surface area contributed by atoms with Crippen molar-refractivity contribution in [2.45, 2.75) is 19.9 Å². The van der Waals surface area contributed by atoms with Crippen LogP contribution >= 0.6 is 0 Å². The molecular formula is C20H21NO6. The number of carboxylic acid groups (broad SMARTS) is 1. The van der Waals surface area contributed by atoms with E-state index < -0.39 is 17.9 Å². The Labute approximate surface area is 156 Å². The normalized spacial score (nSPS) is 13.6. The quantitative estimate of drug-likeness (QED) is 0.839. The molecule has 0 spiro atoms. The zero-order valence-corrected chi connectivity index (χ0v) is 15.4. The molecule has 1 amide bonds. The molecule has 27 heavy (non-hydrogen) atoms. The third-order valence-electron chi connectivity index (χ3n) is 4.48. The van der Waals surface area contributed by atoms with Gasteiger partial charge < -0.3 is 24.6 Å². The molecule has 0 aliphatic carbocycles. The summed E-state index contributed by atoms with van der Waals surface area (Å²) in [4.78, 5) is 24.4. The van der Waals surface area contributed by atoms with Crippen LogP contribution < -0.4 is 19.5 Å². The summed E-state index contributed by atoms with van der Waals surface area (Å²) in [6, 6.07) is 7.15. The van der Waals surface area contributed by atoms with Gasteiger partial charge in [-0.25, -0.2) is 4.79 Å². The number of benzene rings is 2. The Hall–Kier alpha value is -3.22. The van der Waals surface area contributed by atoms with Crippen LogP contribution in [0.2, 0.25) is 0 Å². The number of carboxylic acids is 1. The van der Waals surface area contributed by atoms with Gasteiger partial charge in [0.1, 0.15) is 13.2 Å². The Balaban J connectivity index is 1.90. The standard InChI is InChI=1S/C20H21NO6/c1-11-4-5-13(8-12(11)2)17(20(23)24)21-19(22)14-9-15(25-3)18-16(10-14)26-6-7-27-18/h4-5,8-10,17H,6-7H2,1-3H3,(H,21,22)(H,23,24). The molecule has 2 N–H and O–H groups in total. The fraction of sp³-hybridized carbons (Fsp3) is 0.300. The lowest BCUT2D eigenvalue weighted by Crippen LogP contribution is -2.34. The number of hydrogen-bond donors (Lipinski definition) is 2. The highest BCUT2D eigenvalue weighted by Gasteiger charge is 2.26. The van der Waals surface area contributed by atoms with Gasteiger partial charge >= 0.3 is 5.97 Å². The summed E-state index contributed by atoms with van der Waals surface area (Å²) in [6.45, 7) is 4.59. The van der Waals surface area contributed by atoms with Crippen LogP contribution in [-0.4, -0.2) is 37.3 Å². The number of hydrogen-bond acceptors (Lipinski definition) is 5. The van der Waals surface area contributed by atoms with E-state index in [9.17, 15) is 14.7 Å². The first-order valence-corrected chi connectivity index (χ1v) is 8.49. The summed E-state index contributed by atoms with van der Waals surface area (Å²) < 4.78 is 16.3. The summed E-state index contributed by atoms with van der Waals surface area (Å²) in [5.41, 5.74) is 2.73. The smallest absolute Gasteiger partial charge is 0.330 e. The van der Waals surface area contributed by atoms with Crippen LogP contribution in [-0.2, 0) is 4.79 Å². The fourth-order valence-electron chi connectivity index (χ4n) is 2.85. The molecule has 142 valence electrons. The Morgan fingerprint density at radius 3 is 2.52 bits per heavy atom. The monoisotopic (exact) mass is 371 g/mol. The van der Waals surface area contributed by atoms with Gasteiger partial charge in [-0.05, 0) is 42.7 Å². The topological polar surface area (TPSA) is 94.1 Å². The molecule has 1 aliphatic heterocycles. The molecule has 1 atom stereocenters. The summed E-state index contributed by atoms with van der Waals surface area (Å²) in [6.07, 6.45) is 0. The van der Waals surface area contributed by atoms with Gasteiger partial charge in [-0.1, -0.05) is 18.2 Å². The molecule has 1 heterocycles. The minimum absolute atomic E-state index is 0.228. The molecule has 1 unspecified atom stereocenters. The van der Waals surface area contributed by atoms with E-state index in [1.54, 1.807) is 12.1 Å². The maximum Gasteiger partial charge on any atom is 0.330 e. The SMILES string of the molecule is COc1cc(C(=O)NC(C(=O)O)c2ccc(C)c(C)c2)cc2c1OCCO2. The Morgan fingerprint density at radius 2 is 1.85 bits per heavy atom. The van der Waals surface area contributed by atoms with Crippen molar-refractivity contribution in [3.8, 4) is 17.2 Å². The highest BCUT2D eigenvalue weighted by atomic mass is 16.6. The molecule has 0 aromatic heterocycles. The molecule has 7 heteroatoms. The van der Waals surface area contributed by atoms with Crippen molar-refractivity contribution < 1.29 is 28.9 Å². The van der Waals surface area contributed by atoms with Crippen LogP contribution in [0, 0.1) is 13.8 Å². The number of aliphatic carboxylic acids is 1. The molecule has 0 radical (unpaired) electrons. The Kier molecular flexibility index (Phi) is 5.21. The summed E-state index contributed by atoms with van der Waals surface area (Å²) in [5.74, 6) is -0.504. The zero-order chi connectivity index (χ0) is 19.6. The molecule has 0 saturated carbocycles. The largest absolute Gasteiger partial charge is 0.493 e. The fourth-order valence-corrected chi connectivity index (χ4v) is 2.85. The van der Waals surface area contributed by atoms with Crippen molar-refractivity contribution in [3.63, 3.8) is 0 Å². The highest BCUT2D eigenvalue weighted by Crippen LogP contribution is 2.40. The molecule has 0 bridgehead atoms. The number of aryl methyl sites for hydroxylation is 2. The van der Waals surface area contributed by atoms with Crippen molar-refractivity contribution in [2.24, 2.45) is 0 Å². The van der Waals surface area contributed by atoms with E-state index in [0.29, 0.717) is 36.0 Å². The van der Waals surface area contributed by atoms with Crippen molar-refractivity contribution in [1.29, 1.82) is 0 Å². The first kappa shape index (κ1) is 18.6. The van der Waals surface area contributed by atoms with Crippen LogP contribution in [0.15, 0.2) is 30.3 Å². The van der Waals surface area contributed by atoms with Crippen LogP contribution in [0.4, 0.5) is 0 Å². The van der Waals surface area contributed by atoms with Gasteiger partial charge in [0.05, 0.1) is 7.11 Å². The minimum Gasteiger partial charge on any atom is -0.493 e. The van der Waals surface area contributed by atoms with Gasteiger partial charge in [-0.2, -0.15) is 0 Å². The van der Waals surface area contributed by atoms with Gasteiger partial charge in [-0.15, -0.1) is 0 Å². The van der Waals surface area contributed by atoms with Crippen LogP contribution in [0.25, 0.3) is 0 Å². The molecular weight excluding hydrogens is 350 g/mol. The maximum atomic E-state index is 12.7. The molecule has 3 rings (SSSR count). The number of nitrogens with one attached hydrogen (secondary N) is 1. The number of ether oxygens (including phenoxy) is 3. The second-order valence-electron chi connectivity index (χ2n) is 6.29. The van der Waals surface area contributed by atoms with E-state index in [1.165, 1.54) is 19.2 Å². The highest BCUT2D eigenvalue weighted by molar-refractivity contribution is 5.98. The Bertz CT molecular complexity index is 875. The van der Waals surface area contributed by atoms with Gasteiger partial charge in [-0.3, -0.25) is 4.79 Å². The van der Waals surface area contributed by atoms with Crippen LogP contribution in [0.3, 0.4) is 0 Å². The molecule has 0 saturated heterocycles. The van der Waals surface area contributed by atoms with E-state index in [-0.39, 0.29) is 5.56 Å². The molecule has 7 nitrogen and oxygen atoms in total. The third kappa shape index (κ3) is 3.81.